The van der Waals surface area contributed by atoms with Gasteiger partial charge in [-0.3, -0.25) is 0 Å². The van der Waals surface area contributed by atoms with Gasteiger partial charge in [-0.2, -0.15) is 27.0 Å². The van der Waals surface area contributed by atoms with E-state index in [2.05, 4.69) is 14.9 Å². The molecule has 12 heteroatoms. The Hall–Kier alpha value is -0.460. The fourth-order valence-corrected chi connectivity index (χ4v) is 5.52. The zero-order valence-corrected chi connectivity index (χ0v) is 22.3. The Bertz CT molecular complexity index is 948. The van der Waals surface area contributed by atoms with Gasteiger partial charge in [0.25, 0.3) is 0 Å². The molecule has 2 atom stereocenters. The number of pyridine rings is 1. The van der Waals surface area contributed by atoms with Gasteiger partial charge < -0.3 is 20.5 Å². The molecule has 2 aliphatic rings. The Labute approximate surface area is 216 Å². The van der Waals surface area contributed by atoms with Crippen LogP contribution in [0, 0.1) is 12.3 Å². The van der Waals surface area contributed by atoms with Gasteiger partial charge >= 0.3 is 0 Å². The van der Waals surface area contributed by atoms with Crippen molar-refractivity contribution in [3.05, 3.63) is 33.8 Å². The van der Waals surface area contributed by atoms with Crippen molar-refractivity contribution in [1.82, 2.24) is 15.0 Å². The number of aromatic nitrogens is 3. The predicted octanol–water partition coefficient (Wildman–Crippen LogP) is 3.69. The number of halogens is 2. The summed E-state index contributed by atoms with van der Waals surface area (Å²) in [6.45, 7) is 6.09. The lowest BCUT2D eigenvalue weighted by atomic mass is 9.73. The average Bonchev–Trinajstić information content (AvgIpc) is 3.01. The minimum absolute atomic E-state index is 0. The molecule has 1 spiro atoms. The van der Waals surface area contributed by atoms with Crippen molar-refractivity contribution in [2.24, 2.45) is 11.1 Å². The molecule has 0 amide bonds. The SMILES string of the molecule is Cc1nc(N2CCC3(CC2)CO[C@@H](C)[C@H]3N)c(CO)nc1Sc1ccnc(Cl)c1Cl.S.S. The normalized spacial score (nSPS) is 21.9. The molecule has 0 aliphatic carbocycles. The fraction of sp³-hybridized carbons (Fsp3) is 0.550. The minimum Gasteiger partial charge on any atom is -0.390 e. The highest BCUT2D eigenvalue weighted by molar-refractivity contribution is 7.99. The average molecular weight is 539 g/mol. The first-order valence-electron chi connectivity index (χ1n) is 9.93. The number of nitrogens with zero attached hydrogens (tertiary/aromatic N) is 4. The van der Waals surface area contributed by atoms with Crippen LogP contribution in [0.3, 0.4) is 0 Å². The van der Waals surface area contributed by atoms with Gasteiger partial charge in [-0.05, 0) is 32.8 Å². The lowest BCUT2D eigenvalue weighted by molar-refractivity contribution is 0.0973. The summed E-state index contributed by atoms with van der Waals surface area (Å²) in [5, 5.41) is 11.3. The Kier molecular flexibility index (Phi) is 9.82. The number of aliphatic hydroxyl groups is 1. The molecule has 0 unspecified atom stereocenters. The number of aryl methyl sites for hydroxylation is 1. The molecule has 0 saturated carbocycles. The molecule has 0 aromatic carbocycles. The number of ether oxygens (including phenoxy) is 1. The van der Waals surface area contributed by atoms with E-state index in [1.165, 1.54) is 11.8 Å². The van der Waals surface area contributed by atoms with Gasteiger partial charge in [0.2, 0.25) is 0 Å². The van der Waals surface area contributed by atoms with Gasteiger partial charge in [0.05, 0.1) is 30.0 Å². The van der Waals surface area contributed by atoms with Crippen LogP contribution in [0.25, 0.3) is 0 Å². The third kappa shape index (κ3) is 5.27. The predicted molar refractivity (Wildman–Crippen MR) is 139 cm³/mol. The van der Waals surface area contributed by atoms with Crippen LogP contribution in [-0.4, -0.2) is 51.9 Å². The lowest BCUT2D eigenvalue weighted by Crippen LogP contribution is -2.51. The molecule has 2 saturated heterocycles. The van der Waals surface area contributed by atoms with Crippen LogP contribution in [-0.2, 0) is 11.3 Å². The first kappa shape index (κ1) is 27.8. The molecule has 3 N–H and O–H groups in total. The second-order valence-corrected chi connectivity index (χ2v) is 9.72. The number of piperidine rings is 1. The summed E-state index contributed by atoms with van der Waals surface area (Å²) in [6, 6.07) is 1.84. The Balaban J connectivity index is 0.00000181. The van der Waals surface area contributed by atoms with Gasteiger partial charge in [0.1, 0.15) is 15.9 Å². The van der Waals surface area contributed by atoms with E-state index in [4.69, 9.17) is 38.7 Å². The van der Waals surface area contributed by atoms with Crippen LogP contribution < -0.4 is 10.6 Å². The van der Waals surface area contributed by atoms with E-state index in [9.17, 15) is 5.11 Å². The van der Waals surface area contributed by atoms with Crippen molar-refractivity contribution in [2.75, 3.05) is 24.6 Å². The van der Waals surface area contributed by atoms with Crippen LogP contribution in [0.15, 0.2) is 22.2 Å². The number of aliphatic hydroxyl groups excluding tert-OH is 1. The van der Waals surface area contributed by atoms with E-state index in [1.807, 2.05) is 13.8 Å². The first-order valence-corrected chi connectivity index (χ1v) is 11.5. The zero-order valence-electron chi connectivity index (χ0n) is 17.9. The molecule has 32 heavy (non-hydrogen) atoms. The van der Waals surface area contributed by atoms with Crippen molar-refractivity contribution in [3.8, 4) is 0 Å². The molecule has 2 aromatic rings. The van der Waals surface area contributed by atoms with Gasteiger partial charge in [0, 0.05) is 35.6 Å². The van der Waals surface area contributed by atoms with Gasteiger partial charge in [-0.15, -0.1) is 0 Å². The molecule has 178 valence electrons. The maximum absolute atomic E-state index is 9.98. The highest BCUT2D eigenvalue weighted by atomic mass is 35.5. The van der Waals surface area contributed by atoms with Crippen molar-refractivity contribution in [1.29, 1.82) is 0 Å². The fourth-order valence-electron chi connectivity index (χ4n) is 4.20. The summed E-state index contributed by atoms with van der Waals surface area (Å²) in [5.74, 6) is 0.730. The Morgan fingerprint density at radius 2 is 1.97 bits per heavy atom. The highest BCUT2D eigenvalue weighted by Gasteiger charge is 2.47. The van der Waals surface area contributed by atoms with E-state index in [1.54, 1.807) is 12.3 Å². The van der Waals surface area contributed by atoms with Crippen LogP contribution >= 0.6 is 62.0 Å². The van der Waals surface area contributed by atoms with Crippen LogP contribution in [0.5, 0.6) is 0 Å². The molecule has 4 heterocycles. The summed E-state index contributed by atoms with van der Waals surface area (Å²) in [5.41, 5.74) is 7.78. The zero-order chi connectivity index (χ0) is 21.5. The number of anilines is 1. The second-order valence-electron chi connectivity index (χ2n) is 7.95. The first-order chi connectivity index (χ1) is 14.3. The number of hydrogen-bond donors (Lipinski definition) is 2. The topological polar surface area (TPSA) is 97.4 Å². The lowest BCUT2D eigenvalue weighted by Gasteiger charge is -2.42. The number of nitrogens with two attached hydrogens (primary N) is 1. The summed E-state index contributed by atoms with van der Waals surface area (Å²) in [7, 11) is 0. The van der Waals surface area contributed by atoms with Gasteiger partial charge in [0.15, 0.2) is 5.82 Å². The van der Waals surface area contributed by atoms with E-state index in [0.29, 0.717) is 22.3 Å². The van der Waals surface area contributed by atoms with Crippen LogP contribution in [0.1, 0.15) is 31.2 Å². The monoisotopic (exact) mass is 537 g/mol. The molecule has 2 aliphatic heterocycles. The minimum atomic E-state index is -0.192. The molecule has 4 rings (SSSR count). The molecule has 0 radical (unpaired) electrons. The van der Waals surface area contributed by atoms with E-state index < -0.39 is 0 Å². The molecule has 2 aromatic heterocycles. The maximum Gasteiger partial charge on any atom is 0.153 e. The highest BCUT2D eigenvalue weighted by Crippen LogP contribution is 2.42. The summed E-state index contributed by atoms with van der Waals surface area (Å²) >= 11 is 13.6. The van der Waals surface area contributed by atoms with Crippen LogP contribution in [0.4, 0.5) is 5.82 Å². The Morgan fingerprint density at radius 1 is 1.28 bits per heavy atom. The third-order valence-corrected chi connectivity index (χ3v) is 8.17. The number of rotatable bonds is 4. The van der Waals surface area contributed by atoms with Crippen LogP contribution in [0.2, 0.25) is 10.2 Å². The van der Waals surface area contributed by atoms with E-state index in [0.717, 1.165) is 42.3 Å². The summed E-state index contributed by atoms with van der Waals surface area (Å²) < 4.78 is 5.81. The van der Waals surface area contributed by atoms with Gasteiger partial charge in [-0.1, -0.05) is 35.0 Å². The van der Waals surface area contributed by atoms with Crippen molar-refractivity contribution >= 4 is 67.8 Å². The quantitative estimate of drug-likeness (QED) is 0.569. The maximum atomic E-state index is 9.98. The molecular weight excluding hydrogens is 509 g/mol. The van der Waals surface area contributed by atoms with E-state index in [-0.39, 0.29) is 56.3 Å². The van der Waals surface area contributed by atoms with Crippen molar-refractivity contribution < 1.29 is 9.84 Å². The van der Waals surface area contributed by atoms with Crippen molar-refractivity contribution in [3.63, 3.8) is 0 Å². The Morgan fingerprint density at radius 3 is 2.56 bits per heavy atom. The smallest absolute Gasteiger partial charge is 0.153 e. The standard InChI is InChI=1S/C20H25Cl2N5O2S.2H2S/c1-11-19(30-14-3-6-24-17(22)15(14)21)26-13(9-28)18(25-11)27-7-4-20(5-8-27)10-29-12(2)16(20)23;;/h3,6,12,16,28H,4-5,7-10,23H2,1-2H3;2*1H2/t12-,16+;;/m0../s1. The summed E-state index contributed by atoms with van der Waals surface area (Å²) in [4.78, 5) is 16.4. The van der Waals surface area contributed by atoms with E-state index >= 15 is 0 Å². The third-order valence-electron chi connectivity index (χ3n) is 6.15. The number of hydrogen-bond acceptors (Lipinski definition) is 8. The molecular formula is C20H29Cl2N5O2S3. The molecule has 2 fully saturated rings. The second kappa shape index (κ2) is 11.3. The summed E-state index contributed by atoms with van der Waals surface area (Å²) in [6.07, 6.45) is 3.57. The van der Waals surface area contributed by atoms with Gasteiger partial charge in [-0.25, -0.2) is 15.0 Å². The van der Waals surface area contributed by atoms with Crippen molar-refractivity contribution in [2.45, 2.75) is 55.4 Å². The molecule has 0 bridgehead atoms. The largest absolute Gasteiger partial charge is 0.390 e. The molecule has 7 nitrogen and oxygen atoms in total.